The summed E-state index contributed by atoms with van der Waals surface area (Å²) < 4.78 is 1.42. The second-order valence-corrected chi connectivity index (χ2v) is 4.80. The van der Waals surface area contributed by atoms with E-state index in [1.54, 1.807) is 55.8 Å². The van der Waals surface area contributed by atoms with Crippen molar-refractivity contribution in [3.05, 3.63) is 59.4 Å². The number of carbonyl (C=O) groups is 2. The molecule has 2 aromatic rings. The summed E-state index contributed by atoms with van der Waals surface area (Å²) in [5.41, 5.74) is 1.31. The average Bonchev–Trinajstić information content (AvgIpc) is 2.46. The minimum atomic E-state index is -0.220. The molecule has 4 nitrogen and oxygen atoms in total. The Kier molecular flexibility index (Phi) is 5.88. The molecule has 0 N–H and O–H groups in total. The van der Waals surface area contributed by atoms with E-state index in [-0.39, 0.29) is 24.2 Å². The summed E-state index contributed by atoms with van der Waals surface area (Å²) in [7, 11) is 1.68. The van der Waals surface area contributed by atoms with Crippen LogP contribution in [0, 0.1) is 0 Å². The van der Waals surface area contributed by atoms with Gasteiger partial charge in [-0.25, -0.2) is 0 Å². The molecule has 1 aromatic heterocycles. The van der Waals surface area contributed by atoms with E-state index in [0.717, 1.165) is 5.69 Å². The van der Waals surface area contributed by atoms with Gasteiger partial charge >= 0.3 is 6.03 Å². The van der Waals surface area contributed by atoms with E-state index in [2.05, 4.69) is 0 Å². The highest BCUT2D eigenvalue weighted by Gasteiger charge is 2.22. The molecule has 0 atom stereocenters. The molecule has 0 saturated carbocycles. The van der Waals surface area contributed by atoms with Gasteiger partial charge in [0.15, 0.2) is 5.78 Å². The third-order valence-electron chi connectivity index (χ3n) is 2.96. The Bertz CT molecular complexity index is 640. The quantitative estimate of drug-likeness (QED) is 0.573. The molecule has 0 aliphatic carbocycles. The van der Waals surface area contributed by atoms with E-state index in [0.29, 0.717) is 10.6 Å². The summed E-state index contributed by atoms with van der Waals surface area (Å²) in [5, 5.41) is 0.619. The molecule has 110 valence electrons. The third kappa shape index (κ3) is 4.03. The van der Waals surface area contributed by atoms with Crippen LogP contribution in [0.1, 0.15) is 17.3 Å². The molecule has 0 unspecified atom stereocenters. The van der Waals surface area contributed by atoms with Gasteiger partial charge in [-0.1, -0.05) is 11.6 Å². The van der Waals surface area contributed by atoms with Crippen LogP contribution in [0.2, 0.25) is 5.02 Å². The highest BCUT2D eigenvalue weighted by molar-refractivity contribution is 6.30. The van der Waals surface area contributed by atoms with Crippen molar-refractivity contribution in [1.82, 2.24) is 0 Å². The Labute approximate surface area is 134 Å². The molecule has 0 aliphatic rings. The summed E-state index contributed by atoms with van der Waals surface area (Å²) in [5.74, 6) is -0.0318. The summed E-state index contributed by atoms with van der Waals surface area (Å²) >= 11 is 5.82. The van der Waals surface area contributed by atoms with Crippen molar-refractivity contribution >= 4 is 29.1 Å². The molecule has 1 heterocycles. The first-order chi connectivity index (χ1) is 9.49. The first-order valence-electron chi connectivity index (χ1n) is 6.05. The number of hydrogen-bond donors (Lipinski definition) is 0. The predicted molar refractivity (Wildman–Crippen MR) is 77.3 cm³/mol. The van der Waals surface area contributed by atoms with Crippen molar-refractivity contribution in [2.45, 2.75) is 6.92 Å². The van der Waals surface area contributed by atoms with Gasteiger partial charge in [-0.3, -0.25) is 4.79 Å². The number of pyridine rings is 1. The van der Waals surface area contributed by atoms with E-state index in [1.807, 2.05) is 0 Å². The topological polar surface area (TPSA) is 41.3 Å². The van der Waals surface area contributed by atoms with Crippen LogP contribution in [0.25, 0.3) is 0 Å². The van der Waals surface area contributed by atoms with Crippen LogP contribution in [-0.2, 0) is 0 Å². The zero-order valence-corrected chi connectivity index (χ0v) is 13.1. The maximum Gasteiger partial charge on any atom is 0.502 e. The minimum absolute atomic E-state index is 0. The molecule has 0 saturated heterocycles. The van der Waals surface area contributed by atoms with Gasteiger partial charge in [0.05, 0.1) is 7.05 Å². The number of rotatable bonds is 2. The van der Waals surface area contributed by atoms with Gasteiger partial charge in [0.1, 0.15) is 18.1 Å². The first kappa shape index (κ1) is 17.1. The third-order valence-corrected chi connectivity index (χ3v) is 3.21. The Morgan fingerprint density at radius 1 is 1.05 bits per heavy atom. The first-order valence-corrected chi connectivity index (χ1v) is 6.43. The molecule has 0 radical (unpaired) electrons. The number of carbonyl (C=O) groups excluding carboxylic acids is 2. The van der Waals surface area contributed by atoms with Crippen LogP contribution >= 0.6 is 11.6 Å². The van der Waals surface area contributed by atoms with Crippen LogP contribution in [0.4, 0.5) is 10.5 Å². The molecule has 2 rings (SSSR count). The Morgan fingerprint density at radius 2 is 1.57 bits per heavy atom. The lowest BCUT2D eigenvalue weighted by molar-refractivity contribution is -0.569. The molecule has 21 heavy (non-hydrogen) atoms. The fourth-order valence-electron chi connectivity index (χ4n) is 1.74. The standard InChI is InChI=1S/C15H14ClN2O2.ClH/c1-11(19)12-7-9-18(10-8-12)15(20)17(2)14-5-3-13(16)4-6-14;/h3-10H,1-2H3;1H/q+1;/p-1. The molecule has 0 aliphatic heterocycles. The molecule has 0 fully saturated rings. The van der Waals surface area contributed by atoms with E-state index >= 15 is 0 Å². The van der Waals surface area contributed by atoms with Gasteiger partial charge in [0.2, 0.25) is 0 Å². The summed E-state index contributed by atoms with van der Waals surface area (Å²) in [4.78, 5) is 25.0. The minimum Gasteiger partial charge on any atom is -1.00 e. The van der Waals surface area contributed by atoms with Crippen molar-refractivity contribution in [3.63, 3.8) is 0 Å². The molecule has 0 bridgehead atoms. The summed E-state index contributed by atoms with van der Waals surface area (Å²) in [6.45, 7) is 1.49. The van der Waals surface area contributed by atoms with Crippen LogP contribution in [0.3, 0.4) is 0 Å². The SMILES string of the molecule is CC(=O)c1cc[n+](C(=O)N(C)c2ccc(Cl)cc2)cc1.[Cl-]. The van der Waals surface area contributed by atoms with Crippen molar-refractivity contribution in [1.29, 1.82) is 0 Å². The smallest absolute Gasteiger partial charge is 0.502 e. The molecule has 6 heteroatoms. The number of hydrogen-bond acceptors (Lipinski definition) is 2. The van der Waals surface area contributed by atoms with Crippen LogP contribution in [0.15, 0.2) is 48.8 Å². The van der Waals surface area contributed by atoms with E-state index in [4.69, 9.17) is 11.6 Å². The van der Waals surface area contributed by atoms with Crippen molar-refractivity contribution in [2.75, 3.05) is 11.9 Å². The number of Topliss-reactive ketones (excluding diaryl/α,β-unsaturated/α-hetero) is 1. The van der Waals surface area contributed by atoms with Crippen LogP contribution in [-0.4, -0.2) is 18.9 Å². The highest BCUT2D eigenvalue weighted by atomic mass is 35.5. The lowest BCUT2D eigenvalue weighted by atomic mass is 10.2. The van der Waals surface area contributed by atoms with E-state index < -0.39 is 0 Å². The van der Waals surface area contributed by atoms with Crippen molar-refractivity contribution < 1.29 is 26.6 Å². The molecule has 1 amide bonds. The second-order valence-electron chi connectivity index (χ2n) is 4.37. The van der Waals surface area contributed by atoms with Gasteiger partial charge in [-0.05, 0) is 43.3 Å². The van der Waals surface area contributed by atoms with E-state index in [9.17, 15) is 9.59 Å². The number of nitrogens with zero attached hydrogens (tertiary/aromatic N) is 2. The predicted octanol–water partition coefficient (Wildman–Crippen LogP) is -0.0614. The Hall–Kier alpha value is -1.91. The lowest BCUT2D eigenvalue weighted by Gasteiger charge is -2.09. The monoisotopic (exact) mass is 324 g/mol. The largest absolute Gasteiger partial charge is 1.00 e. The van der Waals surface area contributed by atoms with Crippen LogP contribution < -0.4 is 21.9 Å². The normalized spacial score (nSPS) is 9.67. The van der Waals surface area contributed by atoms with Crippen molar-refractivity contribution in [3.8, 4) is 0 Å². The van der Waals surface area contributed by atoms with Crippen LogP contribution in [0.5, 0.6) is 0 Å². The Balaban J connectivity index is 0.00000220. The maximum absolute atomic E-state index is 12.3. The number of halogens is 2. The van der Waals surface area contributed by atoms with Gasteiger partial charge in [0, 0.05) is 10.6 Å². The van der Waals surface area contributed by atoms with Gasteiger partial charge < -0.3 is 12.4 Å². The van der Waals surface area contributed by atoms with Gasteiger partial charge in [-0.15, -0.1) is 0 Å². The number of amides is 1. The average molecular weight is 325 g/mol. The molecular formula is C15H14Cl2N2O2. The van der Waals surface area contributed by atoms with Gasteiger partial charge in [-0.2, -0.15) is 14.3 Å². The number of ketones is 1. The number of benzene rings is 1. The number of aromatic nitrogens is 1. The lowest BCUT2D eigenvalue weighted by Crippen LogP contribution is -3.00. The zero-order chi connectivity index (χ0) is 14.7. The highest BCUT2D eigenvalue weighted by Crippen LogP contribution is 2.16. The summed E-state index contributed by atoms with van der Waals surface area (Å²) in [6.07, 6.45) is 3.15. The molecule has 1 aromatic carbocycles. The van der Waals surface area contributed by atoms with Crippen molar-refractivity contribution in [2.24, 2.45) is 0 Å². The molecular weight excluding hydrogens is 311 g/mol. The maximum atomic E-state index is 12.3. The fraction of sp³-hybridized carbons (Fsp3) is 0.133. The number of anilines is 1. The van der Waals surface area contributed by atoms with E-state index in [1.165, 1.54) is 16.4 Å². The molecule has 0 spiro atoms. The zero-order valence-electron chi connectivity index (χ0n) is 11.6. The fourth-order valence-corrected chi connectivity index (χ4v) is 1.86. The summed E-state index contributed by atoms with van der Waals surface area (Å²) in [6, 6.07) is 10.0. The second kappa shape index (κ2) is 7.20. The Morgan fingerprint density at radius 3 is 2.05 bits per heavy atom. The van der Waals surface area contributed by atoms with Gasteiger partial charge in [0.25, 0.3) is 0 Å².